The SMILES string of the molecule is Nc1ccc(C(=O)NC2CCN3CCCC3C2)c(Cl)c1. The third kappa shape index (κ3) is 2.76. The first-order valence-corrected chi connectivity index (χ1v) is 7.61. The Balaban J connectivity index is 1.64. The molecular weight excluding hydrogens is 274 g/mol. The molecule has 0 saturated carbocycles. The third-order valence-electron chi connectivity index (χ3n) is 4.39. The van der Waals surface area contributed by atoms with Gasteiger partial charge in [-0.3, -0.25) is 4.79 Å². The molecule has 1 aromatic rings. The summed E-state index contributed by atoms with van der Waals surface area (Å²) in [6.45, 7) is 2.31. The number of amides is 1. The standard InChI is InChI=1S/C15H20ClN3O/c16-14-8-10(17)3-4-13(14)15(20)18-11-5-7-19-6-1-2-12(19)9-11/h3-4,8,11-12H,1-2,5-7,9,17H2,(H,18,20). The number of nitrogen functional groups attached to an aromatic ring is 1. The molecule has 2 heterocycles. The van der Waals surface area contributed by atoms with Crippen LogP contribution in [-0.4, -0.2) is 36.0 Å². The summed E-state index contributed by atoms with van der Waals surface area (Å²) in [4.78, 5) is 14.8. The van der Waals surface area contributed by atoms with Crippen molar-refractivity contribution >= 4 is 23.2 Å². The Labute approximate surface area is 124 Å². The number of anilines is 1. The lowest BCUT2D eigenvalue weighted by Gasteiger charge is -2.35. The number of carbonyl (C=O) groups is 1. The summed E-state index contributed by atoms with van der Waals surface area (Å²) in [5, 5.41) is 3.53. The van der Waals surface area contributed by atoms with Gasteiger partial charge < -0.3 is 16.0 Å². The number of nitrogens with two attached hydrogens (primary N) is 1. The first kappa shape index (κ1) is 13.7. The molecule has 0 aromatic heterocycles. The molecule has 3 rings (SSSR count). The summed E-state index contributed by atoms with van der Waals surface area (Å²) in [6.07, 6.45) is 4.62. The van der Waals surface area contributed by atoms with Crippen molar-refractivity contribution in [2.75, 3.05) is 18.8 Å². The minimum Gasteiger partial charge on any atom is -0.399 e. The number of piperidine rings is 1. The molecule has 2 atom stereocenters. The van der Waals surface area contributed by atoms with E-state index in [0.717, 1.165) is 19.4 Å². The number of carbonyl (C=O) groups excluding carboxylic acids is 1. The van der Waals surface area contributed by atoms with Crippen molar-refractivity contribution in [1.29, 1.82) is 0 Å². The van der Waals surface area contributed by atoms with E-state index in [4.69, 9.17) is 17.3 Å². The average molecular weight is 294 g/mol. The van der Waals surface area contributed by atoms with E-state index in [1.165, 1.54) is 19.4 Å². The number of hydrogen-bond acceptors (Lipinski definition) is 3. The van der Waals surface area contributed by atoms with Crippen LogP contribution in [-0.2, 0) is 0 Å². The molecule has 1 amide bonds. The predicted molar refractivity (Wildman–Crippen MR) is 80.9 cm³/mol. The Kier molecular flexibility index (Phi) is 3.85. The molecule has 1 aromatic carbocycles. The minimum atomic E-state index is -0.0913. The van der Waals surface area contributed by atoms with Crippen LogP contribution in [0.15, 0.2) is 18.2 Å². The Bertz CT molecular complexity index is 520. The fourth-order valence-corrected chi connectivity index (χ4v) is 3.61. The normalized spacial score (nSPS) is 26.2. The second-order valence-electron chi connectivity index (χ2n) is 5.77. The lowest BCUT2D eigenvalue weighted by Crippen LogP contribution is -2.47. The second-order valence-corrected chi connectivity index (χ2v) is 6.17. The number of fused-ring (bicyclic) bond motifs is 1. The highest BCUT2D eigenvalue weighted by Crippen LogP contribution is 2.27. The Morgan fingerprint density at radius 1 is 1.35 bits per heavy atom. The first-order chi connectivity index (χ1) is 9.63. The summed E-state index contributed by atoms with van der Waals surface area (Å²) in [5.74, 6) is -0.0913. The Morgan fingerprint density at radius 2 is 2.20 bits per heavy atom. The molecule has 2 saturated heterocycles. The van der Waals surface area contributed by atoms with Crippen molar-refractivity contribution in [3.8, 4) is 0 Å². The van der Waals surface area contributed by atoms with Crippen molar-refractivity contribution in [1.82, 2.24) is 10.2 Å². The summed E-state index contributed by atoms with van der Waals surface area (Å²) in [5.41, 5.74) is 6.73. The molecule has 20 heavy (non-hydrogen) atoms. The maximum absolute atomic E-state index is 12.3. The van der Waals surface area contributed by atoms with Crippen LogP contribution in [0.3, 0.4) is 0 Å². The maximum atomic E-state index is 12.3. The quantitative estimate of drug-likeness (QED) is 0.823. The predicted octanol–water partition coefficient (Wildman–Crippen LogP) is 2.28. The van der Waals surface area contributed by atoms with Crippen LogP contribution in [0, 0.1) is 0 Å². The maximum Gasteiger partial charge on any atom is 0.253 e. The minimum absolute atomic E-state index is 0.0913. The van der Waals surface area contributed by atoms with E-state index >= 15 is 0 Å². The number of nitrogens with one attached hydrogen (secondary N) is 1. The van der Waals surface area contributed by atoms with E-state index in [9.17, 15) is 4.79 Å². The molecule has 108 valence electrons. The molecule has 2 fully saturated rings. The smallest absolute Gasteiger partial charge is 0.253 e. The highest BCUT2D eigenvalue weighted by Gasteiger charge is 2.32. The van der Waals surface area contributed by atoms with Crippen molar-refractivity contribution in [2.24, 2.45) is 0 Å². The zero-order chi connectivity index (χ0) is 14.1. The Hall–Kier alpha value is -1.26. The fourth-order valence-electron chi connectivity index (χ4n) is 3.33. The van der Waals surface area contributed by atoms with E-state index in [1.54, 1.807) is 18.2 Å². The van der Waals surface area contributed by atoms with Gasteiger partial charge in [-0.25, -0.2) is 0 Å². The van der Waals surface area contributed by atoms with Crippen LogP contribution < -0.4 is 11.1 Å². The zero-order valence-electron chi connectivity index (χ0n) is 11.4. The number of nitrogens with zero attached hydrogens (tertiary/aromatic N) is 1. The van der Waals surface area contributed by atoms with Gasteiger partial charge in [0.1, 0.15) is 0 Å². The number of benzene rings is 1. The number of halogens is 1. The highest BCUT2D eigenvalue weighted by atomic mass is 35.5. The summed E-state index contributed by atoms with van der Waals surface area (Å²) in [7, 11) is 0. The van der Waals surface area contributed by atoms with Crippen molar-refractivity contribution < 1.29 is 4.79 Å². The molecule has 2 aliphatic heterocycles. The summed E-state index contributed by atoms with van der Waals surface area (Å²) >= 11 is 6.08. The van der Waals surface area contributed by atoms with Crippen LogP contribution in [0.1, 0.15) is 36.0 Å². The molecule has 0 bridgehead atoms. The average Bonchev–Trinajstić information content (AvgIpc) is 2.85. The van der Waals surface area contributed by atoms with E-state index in [0.29, 0.717) is 22.3 Å². The van der Waals surface area contributed by atoms with Gasteiger partial charge in [0.15, 0.2) is 0 Å². The van der Waals surface area contributed by atoms with Crippen LogP contribution in [0.4, 0.5) is 5.69 Å². The van der Waals surface area contributed by atoms with Gasteiger partial charge in [0.25, 0.3) is 5.91 Å². The topological polar surface area (TPSA) is 58.4 Å². The summed E-state index contributed by atoms with van der Waals surface area (Å²) < 4.78 is 0. The molecule has 2 aliphatic rings. The van der Waals surface area contributed by atoms with Crippen LogP contribution in [0.25, 0.3) is 0 Å². The van der Waals surface area contributed by atoms with Gasteiger partial charge in [-0.2, -0.15) is 0 Å². The first-order valence-electron chi connectivity index (χ1n) is 7.23. The van der Waals surface area contributed by atoms with E-state index < -0.39 is 0 Å². The molecule has 5 heteroatoms. The number of hydrogen-bond donors (Lipinski definition) is 2. The lowest BCUT2D eigenvalue weighted by molar-refractivity contribution is 0.0896. The van der Waals surface area contributed by atoms with Gasteiger partial charge in [-0.1, -0.05) is 11.6 Å². The highest BCUT2D eigenvalue weighted by molar-refractivity contribution is 6.34. The molecular formula is C15H20ClN3O. The third-order valence-corrected chi connectivity index (χ3v) is 4.71. The van der Waals surface area contributed by atoms with Crippen molar-refractivity contribution in [3.63, 3.8) is 0 Å². The molecule has 3 N–H and O–H groups in total. The van der Waals surface area contributed by atoms with Gasteiger partial charge in [-0.05, 0) is 50.4 Å². The van der Waals surface area contributed by atoms with E-state index in [-0.39, 0.29) is 11.9 Å². The van der Waals surface area contributed by atoms with Gasteiger partial charge in [-0.15, -0.1) is 0 Å². The largest absolute Gasteiger partial charge is 0.399 e. The molecule has 0 radical (unpaired) electrons. The van der Waals surface area contributed by atoms with Crippen LogP contribution in [0.2, 0.25) is 5.02 Å². The van der Waals surface area contributed by atoms with E-state index in [1.807, 2.05) is 0 Å². The van der Waals surface area contributed by atoms with Gasteiger partial charge in [0.2, 0.25) is 0 Å². The van der Waals surface area contributed by atoms with Crippen LogP contribution >= 0.6 is 11.6 Å². The van der Waals surface area contributed by atoms with Gasteiger partial charge in [0.05, 0.1) is 10.6 Å². The van der Waals surface area contributed by atoms with Crippen molar-refractivity contribution in [3.05, 3.63) is 28.8 Å². The van der Waals surface area contributed by atoms with Gasteiger partial charge in [0, 0.05) is 24.3 Å². The molecule has 2 unspecified atom stereocenters. The zero-order valence-corrected chi connectivity index (χ0v) is 12.2. The van der Waals surface area contributed by atoms with Crippen molar-refractivity contribution in [2.45, 2.75) is 37.8 Å². The fraction of sp³-hybridized carbons (Fsp3) is 0.533. The monoisotopic (exact) mass is 293 g/mol. The Morgan fingerprint density at radius 3 is 3.00 bits per heavy atom. The van der Waals surface area contributed by atoms with Gasteiger partial charge >= 0.3 is 0 Å². The second kappa shape index (κ2) is 5.62. The molecule has 4 nitrogen and oxygen atoms in total. The van der Waals surface area contributed by atoms with E-state index in [2.05, 4.69) is 10.2 Å². The van der Waals surface area contributed by atoms with Crippen LogP contribution in [0.5, 0.6) is 0 Å². The summed E-state index contributed by atoms with van der Waals surface area (Å²) in [6, 6.07) is 5.93. The lowest BCUT2D eigenvalue weighted by atomic mass is 9.97. The number of rotatable bonds is 2. The molecule has 0 aliphatic carbocycles. The molecule has 0 spiro atoms.